The van der Waals surface area contributed by atoms with Crippen LogP contribution in [0.1, 0.15) is 39.0 Å². The van der Waals surface area contributed by atoms with E-state index in [2.05, 4.69) is 16.7 Å². The monoisotopic (exact) mass is 253 g/mol. The number of hydrogen-bond acceptors (Lipinski definition) is 3. The Bertz CT molecular complexity index is 272. The van der Waals surface area contributed by atoms with Crippen molar-refractivity contribution in [3.8, 4) is 0 Å². The van der Waals surface area contributed by atoms with Crippen LogP contribution in [0, 0.1) is 5.92 Å². The fourth-order valence-corrected chi connectivity index (χ4v) is 3.05. The fourth-order valence-electron chi connectivity index (χ4n) is 3.05. The first kappa shape index (κ1) is 13.8. The molecule has 2 aliphatic rings. The molecule has 0 aromatic carbocycles. The van der Waals surface area contributed by atoms with Gasteiger partial charge in [0.1, 0.15) is 0 Å². The van der Waals surface area contributed by atoms with Crippen LogP contribution in [-0.4, -0.2) is 54.5 Å². The lowest BCUT2D eigenvalue weighted by Gasteiger charge is -2.24. The smallest absolute Gasteiger partial charge is 0.236 e. The Morgan fingerprint density at radius 1 is 1.22 bits per heavy atom. The van der Waals surface area contributed by atoms with Crippen LogP contribution in [0.4, 0.5) is 0 Å². The van der Waals surface area contributed by atoms with Crippen LogP contribution in [0.2, 0.25) is 0 Å². The molecule has 104 valence electrons. The molecule has 1 amide bonds. The van der Waals surface area contributed by atoms with E-state index in [-0.39, 0.29) is 6.04 Å². The maximum absolute atomic E-state index is 12.2. The SMILES string of the molecule is CC(N)C1CCN(CC(=O)N2CCCCCC2)C1. The summed E-state index contributed by atoms with van der Waals surface area (Å²) in [5.74, 6) is 0.893. The highest BCUT2D eigenvalue weighted by Gasteiger charge is 2.27. The molecular weight excluding hydrogens is 226 g/mol. The zero-order valence-electron chi connectivity index (χ0n) is 11.6. The van der Waals surface area contributed by atoms with Gasteiger partial charge in [0, 0.05) is 25.7 Å². The highest BCUT2D eigenvalue weighted by atomic mass is 16.2. The summed E-state index contributed by atoms with van der Waals surface area (Å²) >= 11 is 0. The summed E-state index contributed by atoms with van der Waals surface area (Å²) in [6.07, 6.45) is 6.05. The van der Waals surface area contributed by atoms with Crippen molar-refractivity contribution in [2.75, 3.05) is 32.7 Å². The Morgan fingerprint density at radius 3 is 2.44 bits per heavy atom. The van der Waals surface area contributed by atoms with Gasteiger partial charge in [-0.3, -0.25) is 9.69 Å². The van der Waals surface area contributed by atoms with Gasteiger partial charge in [-0.2, -0.15) is 0 Å². The number of likely N-dealkylation sites (tertiary alicyclic amines) is 2. The maximum Gasteiger partial charge on any atom is 0.236 e. The molecule has 2 rings (SSSR count). The number of nitrogens with two attached hydrogens (primary N) is 1. The summed E-state index contributed by atoms with van der Waals surface area (Å²) in [5.41, 5.74) is 5.93. The molecular formula is C14H27N3O. The molecule has 0 aromatic rings. The summed E-state index contributed by atoms with van der Waals surface area (Å²) in [6.45, 7) is 6.63. The van der Waals surface area contributed by atoms with Crippen LogP contribution < -0.4 is 5.73 Å². The largest absolute Gasteiger partial charge is 0.342 e. The van der Waals surface area contributed by atoms with Crippen molar-refractivity contribution in [1.82, 2.24) is 9.80 Å². The molecule has 4 heteroatoms. The van der Waals surface area contributed by atoms with Gasteiger partial charge in [0.05, 0.1) is 6.54 Å². The van der Waals surface area contributed by atoms with Crippen molar-refractivity contribution >= 4 is 5.91 Å². The van der Waals surface area contributed by atoms with Crippen molar-refractivity contribution in [3.05, 3.63) is 0 Å². The highest BCUT2D eigenvalue weighted by Crippen LogP contribution is 2.19. The van der Waals surface area contributed by atoms with E-state index in [9.17, 15) is 4.79 Å². The third kappa shape index (κ3) is 3.69. The van der Waals surface area contributed by atoms with Crippen LogP contribution in [0.3, 0.4) is 0 Å². The van der Waals surface area contributed by atoms with E-state index in [1.807, 2.05) is 0 Å². The van der Waals surface area contributed by atoms with Crippen LogP contribution in [0.25, 0.3) is 0 Å². The quantitative estimate of drug-likeness (QED) is 0.818. The lowest BCUT2D eigenvalue weighted by Crippen LogP contribution is -2.40. The fraction of sp³-hybridized carbons (Fsp3) is 0.929. The summed E-state index contributed by atoms with van der Waals surface area (Å²) in [6, 6.07) is 0.253. The molecule has 2 atom stereocenters. The second-order valence-electron chi connectivity index (χ2n) is 5.94. The molecule has 0 aliphatic carbocycles. The second-order valence-corrected chi connectivity index (χ2v) is 5.94. The molecule has 0 spiro atoms. The number of nitrogens with zero attached hydrogens (tertiary/aromatic N) is 2. The van der Waals surface area contributed by atoms with Crippen molar-refractivity contribution in [2.24, 2.45) is 11.7 Å². The van der Waals surface area contributed by atoms with Gasteiger partial charge >= 0.3 is 0 Å². The first-order valence-electron chi connectivity index (χ1n) is 7.42. The highest BCUT2D eigenvalue weighted by molar-refractivity contribution is 5.78. The molecule has 2 aliphatic heterocycles. The molecule has 2 fully saturated rings. The first-order chi connectivity index (χ1) is 8.66. The number of carbonyl (C=O) groups is 1. The minimum absolute atomic E-state index is 0.253. The molecule has 0 bridgehead atoms. The normalized spacial score (nSPS) is 28.1. The molecule has 0 aromatic heterocycles. The van der Waals surface area contributed by atoms with Crippen molar-refractivity contribution in [3.63, 3.8) is 0 Å². The van der Waals surface area contributed by atoms with Crippen LogP contribution in [0.5, 0.6) is 0 Å². The van der Waals surface area contributed by atoms with E-state index < -0.39 is 0 Å². The molecule has 2 N–H and O–H groups in total. The minimum Gasteiger partial charge on any atom is -0.342 e. The number of carbonyl (C=O) groups excluding carboxylic acids is 1. The van der Waals surface area contributed by atoms with E-state index in [0.717, 1.165) is 32.6 Å². The molecule has 2 saturated heterocycles. The predicted molar refractivity (Wildman–Crippen MR) is 73.2 cm³/mol. The Hall–Kier alpha value is -0.610. The van der Waals surface area contributed by atoms with Gasteiger partial charge in [-0.05, 0) is 38.6 Å². The summed E-state index contributed by atoms with van der Waals surface area (Å²) in [7, 11) is 0. The van der Waals surface area contributed by atoms with E-state index in [0.29, 0.717) is 18.4 Å². The number of hydrogen-bond donors (Lipinski definition) is 1. The van der Waals surface area contributed by atoms with Crippen LogP contribution >= 0.6 is 0 Å². The zero-order valence-corrected chi connectivity index (χ0v) is 11.6. The molecule has 18 heavy (non-hydrogen) atoms. The Balaban J connectivity index is 1.77. The average Bonchev–Trinajstić information content (AvgIpc) is 2.64. The van der Waals surface area contributed by atoms with Gasteiger partial charge in [-0.15, -0.1) is 0 Å². The maximum atomic E-state index is 12.2. The summed E-state index contributed by atoms with van der Waals surface area (Å²) in [5, 5.41) is 0. The number of amides is 1. The van der Waals surface area contributed by atoms with Gasteiger partial charge in [-0.25, -0.2) is 0 Å². The van der Waals surface area contributed by atoms with E-state index in [1.165, 1.54) is 25.7 Å². The van der Waals surface area contributed by atoms with Crippen LogP contribution in [-0.2, 0) is 4.79 Å². The average molecular weight is 253 g/mol. The third-order valence-electron chi connectivity index (χ3n) is 4.37. The lowest BCUT2D eigenvalue weighted by molar-refractivity contribution is -0.132. The van der Waals surface area contributed by atoms with Crippen molar-refractivity contribution in [1.29, 1.82) is 0 Å². The molecule has 0 radical (unpaired) electrons. The van der Waals surface area contributed by atoms with Crippen LogP contribution in [0.15, 0.2) is 0 Å². The molecule has 0 saturated carbocycles. The van der Waals surface area contributed by atoms with E-state index >= 15 is 0 Å². The van der Waals surface area contributed by atoms with Gasteiger partial charge in [0.15, 0.2) is 0 Å². The lowest BCUT2D eigenvalue weighted by atomic mass is 10.0. The topological polar surface area (TPSA) is 49.6 Å². The molecule has 4 nitrogen and oxygen atoms in total. The van der Waals surface area contributed by atoms with Gasteiger partial charge < -0.3 is 10.6 Å². The molecule has 2 unspecified atom stereocenters. The van der Waals surface area contributed by atoms with Gasteiger partial charge in [0.25, 0.3) is 0 Å². The first-order valence-corrected chi connectivity index (χ1v) is 7.42. The van der Waals surface area contributed by atoms with Crippen molar-refractivity contribution in [2.45, 2.75) is 45.1 Å². The van der Waals surface area contributed by atoms with Crippen molar-refractivity contribution < 1.29 is 4.79 Å². The van der Waals surface area contributed by atoms with E-state index in [1.54, 1.807) is 0 Å². The number of rotatable bonds is 3. The van der Waals surface area contributed by atoms with E-state index in [4.69, 9.17) is 5.73 Å². The standard InChI is InChI=1S/C14H27N3O/c1-12(15)13-6-9-16(10-13)11-14(18)17-7-4-2-3-5-8-17/h12-13H,2-11,15H2,1H3. The minimum atomic E-state index is 0.253. The summed E-state index contributed by atoms with van der Waals surface area (Å²) < 4.78 is 0. The Kier molecular flexibility index (Phi) is 5.01. The van der Waals surface area contributed by atoms with Gasteiger partial charge in [0.2, 0.25) is 5.91 Å². The Morgan fingerprint density at radius 2 is 1.89 bits per heavy atom. The summed E-state index contributed by atoms with van der Waals surface area (Å²) in [4.78, 5) is 16.6. The predicted octanol–water partition coefficient (Wildman–Crippen LogP) is 1.06. The Labute approximate surface area is 110 Å². The molecule has 2 heterocycles. The second kappa shape index (κ2) is 6.53. The zero-order chi connectivity index (χ0) is 13.0. The third-order valence-corrected chi connectivity index (χ3v) is 4.37. The van der Waals surface area contributed by atoms with Gasteiger partial charge in [-0.1, -0.05) is 12.8 Å².